The highest BCUT2D eigenvalue weighted by atomic mass is 16.2. The maximum Gasteiger partial charge on any atom is 0.315 e. The first-order chi connectivity index (χ1) is 11.1. The SMILES string of the molecule is CCc1cccc(NC(=O)CCCCC[C@@H]2NC(=O)N[C@H]2C)c1. The molecule has 0 spiro atoms. The largest absolute Gasteiger partial charge is 0.334 e. The molecule has 0 saturated carbocycles. The summed E-state index contributed by atoms with van der Waals surface area (Å²) in [4.78, 5) is 23.1. The molecule has 1 heterocycles. The van der Waals surface area contributed by atoms with Crippen molar-refractivity contribution in [3.8, 4) is 0 Å². The Morgan fingerprint density at radius 1 is 1.22 bits per heavy atom. The molecule has 1 aliphatic rings. The third kappa shape index (κ3) is 5.58. The van der Waals surface area contributed by atoms with Gasteiger partial charge in [-0.05, 0) is 43.9 Å². The third-order valence-electron chi connectivity index (χ3n) is 4.32. The minimum atomic E-state index is -0.0730. The van der Waals surface area contributed by atoms with Crippen LogP contribution in [0.2, 0.25) is 0 Å². The molecule has 1 fully saturated rings. The predicted molar refractivity (Wildman–Crippen MR) is 92.5 cm³/mol. The summed E-state index contributed by atoms with van der Waals surface area (Å²) in [6.45, 7) is 4.12. The van der Waals surface area contributed by atoms with Gasteiger partial charge in [0.25, 0.3) is 0 Å². The van der Waals surface area contributed by atoms with Gasteiger partial charge in [0, 0.05) is 18.2 Å². The standard InChI is InChI=1S/C18H27N3O2/c1-3-14-8-7-9-15(12-14)20-17(22)11-6-4-5-10-16-13(2)19-18(23)21-16/h7-9,12-13,16H,3-6,10-11H2,1-2H3,(H,20,22)(H2,19,21,23)/t13-,16-/m0/s1. The van der Waals surface area contributed by atoms with E-state index in [-0.39, 0.29) is 24.0 Å². The van der Waals surface area contributed by atoms with Gasteiger partial charge >= 0.3 is 6.03 Å². The Morgan fingerprint density at radius 3 is 2.74 bits per heavy atom. The fraction of sp³-hybridized carbons (Fsp3) is 0.556. The number of rotatable bonds is 8. The van der Waals surface area contributed by atoms with Crippen molar-refractivity contribution in [2.24, 2.45) is 0 Å². The van der Waals surface area contributed by atoms with Gasteiger partial charge in [0.15, 0.2) is 0 Å². The summed E-state index contributed by atoms with van der Waals surface area (Å²) in [6.07, 6.45) is 5.37. The highest BCUT2D eigenvalue weighted by Crippen LogP contribution is 2.14. The van der Waals surface area contributed by atoms with Crippen LogP contribution in [-0.2, 0) is 11.2 Å². The lowest BCUT2D eigenvalue weighted by Crippen LogP contribution is -2.30. The van der Waals surface area contributed by atoms with Crippen LogP contribution in [0.5, 0.6) is 0 Å². The number of hydrogen-bond donors (Lipinski definition) is 3. The number of carbonyl (C=O) groups excluding carboxylic acids is 2. The molecule has 0 aliphatic carbocycles. The van der Waals surface area contributed by atoms with E-state index in [9.17, 15) is 9.59 Å². The average molecular weight is 317 g/mol. The molecule has 3 N–H and O–H groups in total. The molecule has 0 radical (unpaired) electrons. The van der Waals surface area contributed by atoms with Crippen molar-refractivity contribution in [1.29, 1.82) is 0 Å². The van der Waals surface area contributed by atoms with Crippen molar-refractivity contribution in [1.82, 2.24) is 10.6 Å². The zero-order valence-corrected chi connectivity index (χ0v) is 14.0. The van der Waals surface area contributed by atoms with Crippen LogP contribution in [0.3, 0.4) is 0 Å². The van der Waals surface area contributed by atoms with Crippen LogP contribution in [0.4, 0.5) is 10.5 Å². The second kappa shape index (κ2) is 8.56. The molecule has 2 atom stereocenters. The highest BCUT2D eigenvalue weighted by molar-refractivity contribution is 5.90. The first-order valence-corrected chi connectivity index (χ1v) is 8.54. The second-order valence-corrected chi connectivity index (χ2v) is 6.21. The van der Waals surface area contributed by atoms with Gasteiger partial charge in [-0.15, -0.1) is 0 Å². The van der Waals surface area contributed by atoms with Gasteiger partial charge in [-0.25, -0.2) is 4.79 Å². The van der Waals surface area contributed by atoms with Gasteiger partial charge < -0.3 is 16.0 Å². The van der Waals surface area contributed by atoms with Crippen LogP contribution in [0.15, 0.2) is 24.3 Å². The Morgan fingerprint density at radius 2 is 2.04 bits per heavy atom. The van der Waals surface area contributed by atoms with E-state index in [0.29, 0.717) is 6.42 Å². The maximum atomic E-state index is 11.9. The Balaban J connectivity index is 1.60. The van der Waals surface area contributed by atoms with Crippen LogP contribution >= 0.6 is 0 Å². The smallest absolute Gasteiger partial charge is 0.315 e. The molecule has 0 unspecified atom stereocenters. The molecule has 1 saturated heterocycles. The minimum absolute atomic E-state index is 0.0717. The van der Waals surface area contributed by atoms with Crippen LogP contribution in [0, 0.1) is 0 Å². The zero-order chi connectivity index (χ0) is 16.7. The Labute approximate surface area is 138 Å². The van der Waals surface area contributed by atoms with E-state index in [1.54, 1.807) is 0 Å². The quantitative estimate of drug-likeness (QED) is 0.644. The summed E-state index contributed by atoms with van der Waals surface area (Å²) in [5.41, 5.74) is 2.10. The van der Waals surface area contributed by atoms with E-state index >= 15 is 0 Å². The van der Waals surface area contributed by atoms with E-state index < -0.39 is 0 Å². The summed E-state index contributed by atoms with van der Waals surface area (Å²) in [7, 11) is 0. The Kier molecular flexibility index (Phi) is 6.44. The molecule has 5 heteroatoms. The zero-order valence-electron chi connectivity index (χ0n) is 14.0. The van der Waals surface area contributed by atoms with E-state index in [0.717, 1.165) is 37.8 Å². The number of nitrogens with one attached hydrogen (secondary N) is 3. The minimum Gasteiger partial charge on any atom is -0.334 e. The lowest BCUT2D eigenvalue weighted by molar-refractivity contribution is -0.116. The summed E-state index contributed by atoms with van der Waals surface area (Å²) in [5, 5.41) is 8.72. The van der Waals surface area contributed by atoms with Gasteiger partial charge in [0.1, 0.15) is 0 Å². The fourth-order valence-electron chi connectivity index (χ4n) is 2.88. The fourth-order valence-corrected chi connectivity index (χ4v) is 2.88. The Bertz CT molecular complexity index is 545. The Hall–Kier alpha value is -2.04. The number of benzene rings is 1. The molecule has 1 aromatic carbocycles. The lowest BCUT2D eigenvalue weighted by Gasteiger charge is -2.13. The van der Waals surface area contributed by atoms with Crippen molar-refractivity contribution in [2.75, 3.05) is 5.32 Å². The molecular formula is C18H27N3O2. The number of amides is 3. The molecule has 0 bridgehead atoms. The first-order valence-electron chi connectivity index (χ1n) is 8.54. The number of aryl methyl sites for hydroxylation is 1. The maximum absolute atomic E-state index is 11.9. The van der Waals surface area contributed by atoms with E-state index in [1.807, 2.05) is 25.1 Å². The second-order valence-electron chi connectivity index (χ2n) is 6.21. The summed E-state index contributed by atoms with van der Waals surface area (Å²) >= 11 is 0. The van der Waals surface area contributed by atoms with Crippen LogP contribution in [0.1, 0.15) is 51.5 Å². The summed E-state index contributed by atoms with van der Waals surface area (Å²) in [6, 6.07) is 8.32. The van der Waals surface area contributed by atoms with Crippen molar-refractivity contribution < 1.29 is 9.59 Å². The topological polar surface area (TPSA) is 70.2 Å². The normalized spacial score (nSPS) is 20.0. The van der Waals surface area contributed by atoms with Crippen molar-refractivity contribution >= 4 is 17.6 Å². The number of urea groups is 1. The average Bonchev–Trinajstić information content (AvgIpc) is 2.85. The van der Waals surface area contributed by atoms with Crippen LogP contribution in [-0.4, -0.2) is 24.0 Å². The van der Waals surface area contributed by atoms with Crippen molar-refractivity contribution in [3.63, 3.8) is 0 Å². The molecule has 0 aromatic heterocycles. The predicted octanol–water partition coefficient (Wildman–Crippen LogP) is 3.21. The monoisotopic (exact) mass is 317 g/mol. The molecular weight excluding hydrogens is 290 g/mol. The number of unbranched alkanes of at least 4 members (excludes halogenated alkanes) is 2. The summed E-state index contributed by atoms with van der Waals surface area (Å²) < 4.78 is 0. The van der Waals surface area contributed by atoms with E-state index in [2.05, 4.69) is 28.9 Å². The first kappa shape index (κ1) is 17.3. The van der Waals surface area contributed by atoms with Gasteiger partial charge in [-0.1, -0.05) is 31.9 Å². The number of carbonyl (C=O) groups is 2. The van der Waals surface area contributed by atoms with Crippen molar-refractivity contribution in [3.05, 3.63) is 29.8 Å². The molecule has 23 heavy (non-hydrogen) atoms. The molecule has 5 nitrogen and oxygen atoms in total. The van der Waals surface area contributed by atoms with E-state index in [4.69, 9.17) is 0 Å². The lowest BCUT2D eigenvalue weighted by atomic mass is 10.0. The van der Waals surface area contributed by atoms with Crippen molar-refractivity contribution in [2.45, 2.75) is 64.5 Å². The number of anilines is 1. The molecule has 2 rings (SSSR count). The van der Waals surface area contributed by atoms with Gasteiger partial charge in [-0.3, -0.25) is 4.79 Å². The van der Waals surface area contributed by atoms with Crippen LogP contribution < -0.4 is 16.0 Å². The molecule has 3 amide bonds. The van der Waals surface area contributed by atoms with Crippen LogP contribution in [0.25, 0.3) is 0 Å². The third-order valence-corrected chi connectivity index (χ3v) is 4.32. The van der Waals surface area contributed by atoms with Gasteiger partial charge in [-0.2, -0.15) is 0 Å². The molecule has 1 aromatic rings. The summed E-state index contributed by atoms with van der Waals surface area (Å²) in [5.74, 6) is 0.0717. The molecule has 126 valence electrons. The van der Waals surface area contributed by atoms with Gasteiger partial charge in [0.2, 0.25) is 5.91 Å². The number of hydrogen-bond acceptors (Lipinski definition) is 2. The highest BCUT2D eigenvalue weighted by Gasteiger charge is 2.26. The molecule has 1 aliphatic heterocycles. The van der Waals surface area contributed by atoms with Gasteiger partial charge in [0.05, 0.1) is 6.04 Å². The van der Waals surface area contributed by atoms with E-state index in [1.165, 1.54) is 5.56 Å².